The van der Waals surface area contributed by atoms with Crippen LogP contribution in [0.15, 0.2) is 4.42 Å². The zero-order valence-corrected chi connectivity index (χ0v) is 19.2. The van der Waals surface area contributed by atoms with Crippen molar-refractivity contribution in [1.29, 1.82) is 0 Å². The number of carbonyl (C=O) groups is 2. The van der Waals surface area contributed by atoms with Crippen LogP contribution in [-0.4, -0.2) is 51.7 Å². The highest BCUT2D eigenvalue weighted by molar-refractivity contribution is 5.97. The van der Waals surface area contributed by atoms with Crippen molar-refractivity contribution in [3.05, 3.63) is 39.7 Å². The molecule has 2 aliphatic heterocycles. The fraction of sp³-hybridized carbons (Fsp3) is 0.583. The molecule has 1 atom stereocenters. The van der Waals surface area contributed by atoms with Crippen molar-refractivity contribution >= 4 is 17.6 Å². The van der Waals surface area contributed by atoms with Crippen molar-refractivity contribution in [2.45, 2.75) is 71.4 Å². The molecule has 1 fully saturated rings. The van der Waals surface area contributed by atoms with Crippen LogP contribution in [0.25, 0.3) is 0 Å². The number of anilines is 1. The number of likely N-dealkylation sites (tertiary alicyclic amines) is 1. The van der Waals surface area contributed by atoms with Gasteiger partial charge in [-0.25, -0.2) is 9.97 Å². The number of hydrogen-bond acceptors (Lipinski definition) is 6. The van der Waals surface area contributed by atoms with Crippen LogP contribution in [-0.2, 0) is 30.6 Å². The van der Waals surface area contributed by atoms with Gasteiger partial charge in [-0.2, -0.15) is 0 Å². The van der Waals surface area contributed by atoms with E-state index in [1.54, 1.807) is 6.92 Å². The summed E-state index contributed by atoms with van der Waals surface area (Å²) in [6.07, 6.45) is 6.53. The van der Waals surface area contributed by atoms with Gasteiger partial charge >= 0.3 is 0 Å². The fourth-order valence-corrected chi connectivity index (χ4v) is 5.48. The Labute approximate surface area is 188 Å². The van der Waals surface area contributed by atoms with Crippen molar-refractivity contribution < 1.29 is 14.0 Å². The summed E-state index contributed by atoms with van der Waals surface area (Å²) in [7, 11) is 1.86. The maximum atomic E-state index is 13.7. The first-order valence-electron chi connectivity index (χ1n) is 11.7. The molecule has 32 heavy (non-hydrogen) atoms. The molecule has 0 spiro atoms. The molecule has 2 aromatic rings. The van der Waals surface area contributed by atoms with E-state index in [0.717, 1.165) is 84.7 Å². The molecule has 0 unspecified atom stereocenters. The molecule has 4 heterocycles. The van der Waals surface area contributed by atoms with Crippen molar-refractivity contribution in [2.24, 2.45) is 0 Å². The van der Waals surface area contributed by atoms with Gasteiger partial charge in [-0.3, -0.25) is 9.59 Å². The van der Waals surface area contributed by atoms with Crippen LogP contribution in [0.2, 0.25) is 0 Å². The Kier molecular flexibility index (Phi) is 5.39. The summed E-state index contributed by atoms with van der Waals surface area (Å²) in [4.78, 5) is 39.1. The maximum absolute atomic E-state index is 13.7. The number of amides is 2. The van der Waals surface area contributed by atoms with Gasteiger partial charge in [-0.05, 0) is 45.4 Å². The molecule has 8 nitrogen and oxygen atoms in total. The Morgan fingerprint density at radius 2 is 1.88 bits per heavy atom. The Bertz CT molecular complexity index is 1080. The Balaban J connectivity index is 1.49. The molecule has 0 saturated carbocycles. The van der Waals surface area contributed by atoms with Gasteiger partial charge in [0.2, 0.25) is 5.91 Å². The van der Waals surface area contributed by atoms with Crippen LogP contribution in [0.5, 0.6) is 0 Å². The van der Waals surface area contributed by atoms with Crippen molar-refractivity contribution in [2.75, 3.05) is 25.5 Å². The van der Waals surface area contributed by atoms with E-state index in [0.29, 0.717) is 25.5 Å². The summed E-state index contributed by atoms with van der Waals surface area (Å²) in [5.41, 5.74) is 3.81. The van der Waals surface area contributed by atoms with Gasteiger partial charge in [-0.15, -0.1) is 0 Å². The van der Waals surface area contributed by atoms with Crippen LogP contribution in [0.4, 0.5) is 5.82 Å². The van der Waals surface area contributed by atoms with Crippen molar-refractivity contribution in [1.82, 2.24) is 19.8 Å². The third-order valence-electron chi connectivity index (χ3n) is 7.14. The summed E-state index contributed by atoms with van der Waals surface area (Å²) in [6, 6.07) is -0.166. The molecule has 2 aromatic heterocycles. The van der Waals surface area contributed by atoms with Crippen LogP contribution < -0.4 is 5.32 Å². The molecule has 1 aliphatic carbocycles. The number of fused-ring (bicyclic) bond motifs is 2. The molecular formula is C24H31N5O3. The molecule has 3 aliphatic rings. The van der Waals surface area contributed by atoms with Gasteiger partial charge in [0.1, 0.15) is 17.3 Å². The lowest BCUT2D eigenvalue weighted by molar-refractivity contribution is -0.129. The van der Waals surface area contributed by atoms with Crippen molar-refractivity contribution in [3.63, 3.8) is 0 Å². The second-order valence-corrected chi connectivity index (χ2v) is 9.09. The lowest BCUT2D eigenvalue weighted by Crippen LogP contribution is -2.36. The first-order valence-corrected chi connectivity index (χ1v) is 11.7. The molecule has 0 bridgehead atoms. The topological polar surface area (TPSA) is 91.6 Å². The fourth-order valence-electron chi connectivity index (χ4n) is 5.48. The number of rotatable bonds is 3. The van der Waals surface area contributed by atoms with Gasteiger partial charge in [0.25, 0.3) is 5.91 Å². The number of nitrogens with zero attached hydrogens (tertiary/aromatic N) is 4. The Hall–Kier alpha value is -2.90. The summed E-state index contributed by atoms with van der Waals surface area (Å²) >= 11 is 0. The Morgan fingerprint density at radius 3 is 2.66 bits per heavy atom. The monoisotopic (exact) mass is 437 g/mol. The summed E-state index contributed by atoms with van der Waals surface area (Å²) < 4.78 is 5.98. The summed E-state index contributed by atoms with van der Waals surface area (Å²) in [5, 5.41) is 3.21. The van der Waals surface area contributed by atoms with Crippen LogP contribution in [0, 0.1) is 6.92 Å². The Morgan fingerprint density at radius 1 is 1.06 bits per heavy atom. The van der Waals surface area contributed by atoms with E-state index in [4.69, 9.17) is 14.4 Å². The second kappa shape index (κ2) is 8.22. The largest absolute Gasteiger partial charge is 0.465 e. The number of nitrogens with one attached hydrogen (secondary N) is 1. The van der Waals surface area contributed by atoms with E-state index in [9.17, 15) is 9.59 Å². The first-order chi connectivity index (χ1) is 15.5. The summed E-state index contributed by atoms with van der Waals surface area (Å²) in [6.45, 7) is 5.36. The quantitative estimate of drug-likeness (QED) is 0.793. The molecular weight excluding hydrogens is 406 g/mol. The van der Waals surface area contributed by atoms with Gasteiger partial charge < -0.3 is 19.5 Å². The van der Waals surface area contributed by atoms with Gasteiger partial charge in [0.05, 0.1) is 23.8 Å². The predicted molar refractivity (Wildman–Crippen MR) is 119 cm³/mol. The van der Waals surface area contributed by atoms with E-state index in [1.807, 2.05) is 23.8 Å². The average molecular weight is 438 g/mol. The zero-order valence-electron chi connectivity index (χ0n) is 19.2. The van der Waals surface area contributed by atoms with Crippen LogP contribution >= 0.6 is 0 Å². The number of carbonyl (C=O) groups excluding carboxylic acids is 2. The average Bonchev–Trinajstić information content (AvgIpc) is 3.41. The van der Waals surface area contributed by atoms with E-state index >= 15 is 0 Å². The number of aryl methyl sites for hydroxylation is 2. The van der Waals surface area contributed by atoms with E-state index in [2.05, 4.69) is 5.32 Å². The molecule has 0 aromatic carbocycles. The highest BCUT2D eigenvalue weighted by atomic mass is 16.3. The van der Waals surface area contributed by atoms with Crippen LogP contribution in [0.1, 0.15) is 83.2 Å². The summed E-state index contributed by atoms with van der Waals surface area (Å²) in [5.74, 6) is 3.28. The minimum absolute atomic E-state index is 0.0367. The molecule has 0 radical (unpaired) electrons. The number of aromatic nitrogens is 2. The third kappa shape index (κ3) is 3.45. The minimum Gasteiger partial charge on any atom is -0.465 e. The van der Waals surface area contributed by atoms with Crippen molar-refractivity contribution in [3.8, 4) is 0 Å². The SMILES string of the molecule is CNc1nc([C@@H]2CCCN2C(=O)c2c(C)oc3c2CCCC3)nc2c1CCN(C(C)=O)C2. The molecule has 1 saturated heterocycles. The van der Waals surface area contributed by atoms with E-state index in [-0.39, 0.29) is 17.9 Å². The predicted octanol–water partition coefficient (Wildman–Crippen LogP) is 3.18. The lowest BCUT2D eigenvalue weighted by atomic mass is 9.94. The molecule has 170 valence electrons. The molecule has 8 heteroatoms. The first kappa shape index (κ1) is 21.0. The lowest BCUT2D eigenvalue weighted by Gasteiger charge is -2.30. The maximum Gasteiger partial charge on any atom is 0.258 e. The van der Waals surface area contributed by atoms with Gasteiger partial charge in [0.15, 0.2) is 5.82 Å². The number of hydrogen-bond donors (Lipinski definition) is 1. The smallest absolute Gasteiger partial charge is 0.258 e. The standard InChI is InChI=1S/C24H31N5O3/c1-14-21(17-7-4-5-9-20(17)32-14)24(31)29-11-6-8-19(29)23-26-18-13-28(15(2)30)12-10-16(18)22(25-3)27-23/h19H,4-13H2,1-3H3,(H,25,26,27)/t19-/m0/s1. The van der Waals surface area contributed by atoms with Gasteiger partial charge in [0, 0.05) is 44.6 Å². The van der Waals surface area contributed by atoms with Crippen LogP contribution in [0.3, 0.4) is 0 Å². The highest BCUT2D eigenvalue weighted by Crippen LogP contribution is 2.37. The normalized spacial score (nSPS) is 20.2. The highest BCUT2D eigenvalue weighted by Gasteiger charge is 2.37. The molecule has 2 amide bonds. The van der Waals surface area contributed by atoms with E-state index in [1.165, 1.54) is 0 Å². The number of furan rings is 1. The minimum atomic E-state index is -0.166. The van der Waals surface area contributed by atoms with Gasteiger partial charge in [-0.1, -0.05) is 0 Å². The zero-order chi connectivity index (χ0) is 22.4. The third-order valence-corrected chi connectivity index (χ3v) is 7.14. The molecule has 1 N–H and O–H groups in total. The molecule has 5 rings (SSSR count). The second-order valence-electron chi connectivity index (χ2n) is 9.09. The van der Waals surface area contributed by atoms with E-state index < -0.39 is 0 Å².